The summed E-state index contributed by atoms with van der Waals surface area (Å²) in [5, 5.41) is 5.41. The SMILES string of the molecule is Cc1cc(C(=O)NCC(C)C)nc(Nc2ccc(F)cc2F)n1. The first-order valence-electron chi connectivity index (χ1n) is 7.21. The van der Waals surface area contributed by atoms with E-state index in [2.05, 4.69) is 20.6 Å². The molecule has 0 bridgehead atoms. The van der Waals surface area contributed by atoms with E-state index < -0.39 is 11.6 Å². The highest BCUT2D eigenvalue weighted by Crippen LogP contribution is 2.19. The van der Waals surface area contributed by atoms with E-state index >= 15 is 0 Å². The summed E-state index contributed by atoms with van der Waals surface area (Å²) < 4.78 is 26.6. The number of carbonyl (C=O) groups excluding carboxylic acids is 1. The van der Waals surface area contributed by atoms with Crippen molar-refractivity contribution in [2.24, 2.45) is 5.92 Å². The fourth-order valence-electron chi connectivity index (χ4n) is 1.84. The van der Waals surface area contributed by atoms with Crippen molar-refractivity contribution in [3.8, 4) is 0 Å². The van der Waals surface area contributed by atoms with E-state index in [1.807, 2.05) is 13.8 Å². The van der Waals surface area contributed by atoms with Crippen molar-refractivity contribution in [1.29, 1.82) is 0 Å². The van der Waals surface area contributed by atoms with Crippen molar-refractivity contribution in [2.45, 2.75) is 20.8 Å². The summed E-state index contributed by atoms with van der Waals surface area (Å²) in [5.74, 6) is -1.38. The van der Waals surface area contributed by atoms with Crippen molar-refractivity contribution in [2.75, 3.05) is 11.9 Å². The monoisotopic (exact) mass is 320 g/mol. The lowest BCUT2D eigenvalue weighted by molar-refractivity contribution is 0.0944. The zero-order valence-corrected chi connectivity index (χ0v) is 13.2. The van der Waals surface area contributed by atoms with Crippen LogP contribution in [0.3, 0.4) is 0 Å². The smallest absolute Gasteiger partial charge is 0.270 e. The van der Waals surface area contributed by atoms with E-state index in [0.29, 0.717) is 18.2 Å². The second kappa shape index (κ2) is 7.13. The Hall–Kier alpha value is -2.57. The molecule has 1 aromatic heterocycles. The first-order valence-corrected chi connectivity index (χ1v) is 7.21. The van der Waals surface area contributed by atoms with Gasteiger partial charge < -0.3 is 10.6 Å². The molecule has 2 rings (SSSR count). The molecule has 0 saturated carbocycles. The molecule has 1 aromatic carbocycles. The number of nitrogens with zero attached hydrogens (tertiary/aromatic N) is 2. The van der Waals surface area contributed by atoms with Crippen molar-refractivity contribution in [3.05, 3.63) is 47.3 Å². The number of carbonyl (C=O) groups is 1. The lowest BCUT2D eigenvalue weighted by atomic mass is 10.2. The van der Waals surface area contributed by atoms with Crippen LogP contribution in [0.15, 0.2) is 24.3 Å². The quantitative estimate of drug-likeness (QED) is 0.888. The van der Waals surface area contributed by atoms with Gasteiger partial charge in [-0.05, 0) is 31.0 Å². The minimum atomic E-state index is -0.763. The zero-order chi connectivity index (χ0) is 17.0. The number of benzene rings is 1. The second-order valence-corrected chi connectivity index (χ2v) is 5.57. The molecule has 0 aliphatic rings. The second-order valence-electron chi connectivity index (χ2n) is 5.57. The molecule has 0 atom stereocenters. The number of rotatable bonds is 5. The first-order chi connectivity index (χ1) is 10.8. The van der Waals surface area contributed by atoms with Crippen LogP contribution in [0.4, 0.5) is 20.4 Å². The third-order valence-corrected chi connectivity index (χ3v) is 2.94. The van der Waals surface area contributed by atoms with Crippen LogP contribution in [0.5, 0.6) is 0 Å². The fourth-order valence-corrected chi connectivity index (χ4v) is 1.84. The highest BCUT2D eigenvalue weighted by Gasteiger charge is 2.12. The molecule has 2 N–H and O–H groups in total. The van der Waals surface area contributed by atoms with E-state index in [0.717, 1.165) is 12.1 Å². The summed E-state index contributed by atoms with van der Waals surface area (Å²) in [4.78, 5) is 20.2. The molecule has 23 heavy (non-hydrogen) atoms. The number of hydrogen-bond acceptors (Lipinski definition) is 4. The topological polar surface area (TPSA) is 66.9 Å². The molecule has 0 aliphatic heterocycles. The molecule has 0 radical (unpaired) electrons. The van der Waals surface area contributed by atoms with Gasteiger partial charge in [0.1, 0.15) is 17.3 Å². The number of aromatic nitrogens is 2. The van der Waals surface area contributed by atoms with Gasteiger partial charge in [0, 0.05) is 18.3 Å². The van der Waals surface area contributed by atoms with Gasteiger partial charge in [0.2, 0.25) is 5.95 Å². The molecule has 1 heterocycles. The lowest BCUT2D eigenvalue weighted by Crippen LogP contribution is -2.28. The number of aryl methyl sites for hydroxylation is 1. The molecule has 122 valence electrons. The third kappa shape index (κ3) is 4.70. The van der Waals surface area contributed by atoms with Crippen molar-refractivity contribution >= 4 is 17.5 Å². The van der Waals surface area contributed by atoms with Gasteiger partial charge in [0.15, 0.2) is 0 Å². The van der Waals surface area contributed by atoms with Crippen LogP contribution in [-0.4, -0.2) is 22.4 Å². The molecule has 7 heteroatoms. The molecule has 1 amide bonds. The summed E-state index contributed by atoms with van der Waals surface area (Å²) in [5.41, 5.74) is 0.772. The Bertz CT molecular complexity index is 719. The summed E-state index contributed by atoms with van der Waals surface area (Å²) in [6, 6.07) is 4.67. The average molecular weight is 320 g/mol. The van der Waals surface area contributed by atoms with Gasteiger partial charge in [0.25, 0.3) is 5.91 Å². The van der Waals surface area contributed by atoms with E-state index in [9.17, 15) is 13.6 Å². The average Bonchev–Trinajstić information content (AvgIpc) is 2.47. The van der Waals surface area contributed by atoms with Crippen LogP contribution in [0, 0.1) is 24.5 Å². The van der Waals surface area contributed by atoms with Crippen molar-refractivity contribution in [3.63, 3.8) is 0 Å². The van der Waals surface area contributed by atoms with Gasteiger partial charge in [-0.2, -0.15) is 0 Å². The Kier molecular flexibility index (Phi) is 5.20. The Morgan fingerprint density at radius 1 is 1.22 bits per heavy atom. The number of hydrogen-bond donors (Lipinski definition) is 2. The minimum absolute atomic E-state index is 0.0329. The van der Waals surface area contributed by atoms with Crippen LogP contribution in [0.2, 0.25) is 0 Å². The van der Waals surface area contributed by atoms with Crippen LogP contribution in [0.1, 0.15) is 30.0 Å². The highest BCUT2D eigenvalue weighted by molar-refractivity contribution is 5.92. The molecule has 0 aliphatic carbocycles. The van der Waals surface area contributed by atoms with Gasteiger partial charge >= 0.3 is 0 Å². The Morgan fingerprint density at radius 3 is 2.61 bits per heavy atom. The Morgan fingerprint density at radius 2 is 1.96 bits per heavy atom. The fraction of sp³-hybridized carbons (Fsp3) is 0.312. The molecule has 5 nitrogen and oxygen atoms in total. The maximum Gasteiger partial charge on any atom is 0.270 e. The molecular weight excluding hydrogens is 302 g/mol. The molecule has 0 unspecified atom stereocenters. The highest BCUT2D eigenvalue weighted by atomic mass is 19.1. The van der Waals surface area contributed by atoms with Gasteiger partial charge in [0.05, 0.1) is 5.69 Å². The first kappa shape index (κ1) is 16.8. The van der Waals surface area contributed by atoms with Gasteiger partial charge in [-0.1, -0.05) is 13.8 Å². The number of amides is 1. The Balaban J connectivity index is 2.21. The molecule has 2 aromatic rings. The third-order valence-electron chi connectivity index (χ3n) is 2.94. The predicted octanol–water partition coefficient (Wildman–Crippen LogP) is 3.19. The van der Waals surface area contributed by atoms with Gasteiger partial charge in [-0.15, -0.1) is 0 Å². The van der Waals surface area contributed by atoms with Crippen LogP contribution in [-0.2, 0) is 0 Å². The molecule has 0 saturated heterocycles. The van der Waals surface area contributed by atoms with E-state index in [-0.39, 0.29) is 23.2 Å². The predicted molar refractivity (Wildman–Crippen MR) is 83.6 cm³/mol. The number of nitrogens with one attached hydrogen (secondary N) is 2. The molecule has 0 fully saturated rings. The van der Waals surface area contributed by atoms with E-state index in [1.54, 1.807) is 13.0 Å². The maximum atomic E-state index is 13.7. The summed E-state index contributed by atoms with van der Waals surface area (Å²) in [6.07, 6.45) is 0. The maximum absolute atomic E-state index is 13.7. The van der Waals surface area contributed by atoms with E-state index in [4.69, 9.17) is 0 Å². The van der Waals surface area contributed by atoms with Gasteiger partial charge in [-0.25, -0.2) is 18.7 Å². The van der Waals surface area contributed by atoms with Crippen LogP contribution < -0.4 is 10.6 Å². The number of halogens is 2. The van der Waals surface area contributed by atoms with Crippen LogP contribution >= 0.6 is 0 Å². The summed E-state index contributed by atoms with van der Waals surface area (Å²) in [6.45, 7) is 6.19. The summed E-state index contributed by atoms with van der Waals surface area (Å²) in [7, 11) is 0. The minimum Gasteiger partial charge on any atom is -0.350 e. The largest absolute Gasteiger partial charge is 0.350 e. The van der Waals surface area contributed by atoms with Crippen molar-refractivity contribution in [1.82, 2.24) is 15.3 Å². The van der Waals surface area contributed by atoms with Crippen molar-refractivity contribution < 1.29 is 13.6 Å². The lowest BCUT2D eigenvalue weighted by Gasteiger charge is -2.10. The van der Waals surface area contributed by atoms with Gasteiger partial charge in [-0.3, -0.25) is 4.79 Å². The standard InChI is InChI=1S/C16H18F2N4O/c1-9(2)8-19-15(23)14-6-10(3)20-16(22-14)21-13-5-4-11(17)7-12(13)18/h4-7,9H,8H2,1-3H3,(H,19,23)(H,20,21,22). The summed E-state index contributed by atoms with van der Waals surface area (Å²) >= 11 is 0. The zero-order valence-electron chi connectivity index (χ0n) is 13.2. The number of anilines is 2. The Labute approximate surface area is 133 Å². The van der Waals surface area contributed by atoms with Crippen LogP contribution in [0.25, 0.3) is 0 Å². The molecule has 0 spiro atoms. The normalized spacial score (nSPS) is 10.7. The van der Waals surface area contributed by atoms with E-state index in [1.165, 1.54) is 6.07 Å². The molecular formula is C16H18F2N4O.